The highest BCUT2D eigenvalue weighted by atomic mass is 16.6. The van der Waals surface area contributed by atoms with Crippen molar-refractivity contribution >= 4 is 11.9 Å². The summed E-state index contributed by atoms with van der Waals surface area (Å²) in [7, 11) is 0. The molecule has 0 aliphatic rings. The average molecular weight is 294 g/mol. The molecule has 0 aromatic heterocycles. The Morgan fingerprint density at radius 1 is 1.10 bits per heavy atom. The van der Waals surface area contributed by atoms with Gasteiger partial charge in [-0.2, -0.15) is 0 Å². The van der Waals surface area contributed by atoms with Gasteiger partial charge in [0.25, 0.3) is 0 Å². The predicted molar refractivity (Wildman–Crippen MR) is 82.4 cm³/mol. The number of allylic oxidation sites excluding steroid dienone is 2. The zero-order valence-electron chi connectivity index (χ0n) is 13.3. The molecule has 0 aliphatic heterocycles. The van der Waals surface area contributed by atoms with Gasteiger partial charge >= 0.3 is 11.9 Å². The number of ether oxygens (including phenoxy) is 2. The van der Waals surface area contributed by atoms with Gasteiger partial charge in [0.15, 0.2) is 5.41 Å². The van der Waals surface area contributed by atoms with Gasteiger partial charge in [-0.3, -0.25) is 9.59 Å². The van der Waals surface area contributed by atoms with E-state index in [2.05, 4.69) is 12.8 Å². The third-order valence-electron chi connectivity index (χ3n) is 3.12. The molecule has 0 fully saturated rings. The molecule has 21 heavy (non-hydrogen) atoms. The smallest absolute Gasteiger partial charge is 0.323 e. The van der Waals surface area contributed by atoms with E-state index in [1.165, 1.54) is 0 Å². The summed E-state index contributed by atoms with van der Waals surface area (Å²) in [5.74, 6) is 1.37. The van der Waals surface area contributed by atoms with Crippen molar-refractivity contribution in [2.75, 3.05) is 13.2 Å². The summed E-state index contributed by atoms with van der Waals surface area (Å²) >= 11 is 0. The van der Waals surface area contributed by atoms with Crippen LogP contribution in [-0.4, -0.2) is 25.2 Å². The van der Waals surface area contributed by atoms with Crippen molar-refractivity contribution in [3.8, 4) is 12.3 Å². The Hall–Kier alpha value is -1.76. The van der Waals surface area contributed by atoms with E-state index < -0.39 is 17.4 Å². The number of rotatable bonds is 10. The molecule has 118 valence electrons. The molecule has 0 N–H and O–H groups in total. The number of carbonyl (C=O) groups is 2. The van der Waals surface area contributed by atoms with Crippen molar-refractivity contribution in [2.45, 2.75) is 52.9 Å². The Morgan fingerprint density at radius 2 is 1.67 bits per heavy atom. The normalized spacial score (nSPS) is 11.1. The third kappa shape index (κ3) is 6.03. The van der Waals surface area contributed by atoms with Crippen molar-refractivity contribution < 1.29 is 19.1 Å². The molecule has 0 radical (unpaired) electrons. The molecule has 4 heteroatoms. The van der Waals surface area contributed by atoms with Crippen LogP contribution in [-0.2, 0) is 19.1 Å². The molecule has 0 aromatic carbocycles. The number of esters is 2. The highest BCUT2D eigenvalue weighted by molar-refractivity contribution is 6.00. The SMILES string of the molecule is C#CCCC(C/C=C\CCC)(C(=O)OCC)C(=O)OCC. The van der Waals surface area contributed by atoms with Gasteiger partial charge in [-0.15, -0.1) is 12.3 Å². The first-order valence-electron chi connectivity index (χ1n) is 7.51. The highest BCUT2D eigenvalue weighted by Gasteiger charge is 2.47. The lowest BCUT2D eigenvalue weighted by Gasteiger charge is -2.27. The maximum Gasteiger partial charge on any atom is 0.323 e. The van der Waals surface area contributed by atoms with Crippen LogP contribution in [0.4, 0.5) is 0 Å². The van der Waals surface area contributed by atoms with E-state index in [4.69, 9.17) is 15.9 Å². The monoisotopic (exact) mass is 294 g/mol. The lowest BCUT2D eigenvalue weighted by Crippen LogP contribution is -2.42. The van der Waals surface area contributed by atoms with Crippen LogP contribution in [0.1, 0.15) is 52.9 Å². The molecule has 0 saturated heterocycles. The van der Waals surface area contributed by atoms with Crippen LogP contribution < -0.4 is 0 Å². The summed E-state index contributed by atoms with van der Waals surface area (Å²) in [4.78, 5) is 24.7. The lowest BCUT2D eigenvalue weighted by molar-refractivity contribution is -0.172. The Kier molecular flexibility index (Phi) is 10.0. The molecule has 0 saturated carbocycles. The van der Waals surface area contributed by atoms with Crippen LogP contribution in [0.2, 0.25) is 0 Å². The first-order valence-corrected chi connectivity index (χ1v) is 7.51. The number of hydrogen-bond donors (Lipinski definition) is 0. The van der Waals surface area contributed by atoms with Crippen LogP contribution in [0.25, 0.3) is 0 Å². The van der Waals surface area contributed by atoms with Gasteiger partial charge in [0, 0.05) is 6.42 Å². The summed E-state index contributed by atoms with van der Waals surface area (Å²) in [6.45, 7) is 5.92. The van der Waals surface area contributed by atoms with E-state index >= 15 is 0 Å². The second kappa shape index (κ2) is 11.0. The molecule has 0 aromatic rings. The molecule has 0 bridgehead atoms. The van der Waals surface area contributed by atoms with E-state index in [9.17, 15) is 9.59 Å². The van der Waals surface area contributed by atoms with Crippen LogP contribution in [0.5, 0.6) is 0 Å². The van der Waals surface area contributed by atoms with Crippen molar-refractivity contribution in [3.63, 3.8) is 0 Å². The molecule has 0 rings (SSSR count). The van der Waals surface area contributed by atoms with Crippen LogP contribution in [0, 0.1) is 17.8 Å². The van der Waals surface area contributed by atoms with Gasteiger partial charge in [-0.25, -0.2) is 0 Å². The summed E-state index contributed by atoms with van der Waals surface area (Å²) in [6, 6.07) is 0. The minimum atomic E-state index is -1.33. The van der Waals surface area contributed by atoms with Crippen molar-refractivity contribution in [2.24, 2.45) is 5.41 Å². The summed E-state index contributed by atoms with van der Waals surface area (Å²) in [6.07, 6.45) is 11.8. The van der Waals surface area contributed by atoms with E-state index in [0.29, 0.717) is 6.42 Å². The Balaban J connectivity index is 5.33. The summed E-state index contributed by atoms with van der Waals surface area (Å²) < 4.78 is 10.2. The third-order valence-corrected chi connectivity index (χ3v) is 3.12. The zero-order valence-corrected chi connectivity index (χ0v) is 13.3. The van der Waals surface area contributed by atoms with Gasteiger partial charge < -0.3 is 9.47 Å². The van der Waals surface area contributed by atoms with Crippen molar-refractivity contribution in [1.29, 1.82) is 0 Å². The minimum Gasteiger partial charge on any atom is -0.465 e. The predicted octanol–water partition coefficient (Wildman–Crippen LogP) is 3.26. The zero-order chi connectivity index (χ0) is 16.1. The number of hydrogen-bond acceptors (Lipinski definition) is 4. The number of unbranched alkanes of at least 4 members (excludes halogenated alkanes) is 1. The molecular weight excluding hydrogens is 268 g/mol. The Bertz CT molecular complexity index is 372. The molecular formula is C17H26O4. The molecule has 0 amide bonds. The van der Waals surface area contributed by atoms with E-state index in [1.807, 2.05) is 12.2 Å². The quantitative estimate of drug-likeness (QED) is 0.268. The standard InChI is InChI=1S/C17H26O4/c1-5-9-11-12-14-17(13-10-6-2,15(18)20-7-3)16(19)21-8-4/h2,11-12H,5,7-10,13-14H2,1,3-4H3/b12-11-. The van der Waals surface area contributed by atoms with Gasteiger partial charge in [0.05, 0.1) is 13.2 Å². The maximum absolute atomic E-state index is 12.3. The lowest BCUT2D eigenvalue weighted by atomic mass is 9.79. The average Bonchev–Trinajstić information content (AvgIpc) is 2.47. The number of carbonyl (C=O) groups excluding carboxylic acids is 2. The van der Waals surface area contributed by atoms with Gasteiger partial charge in [-0.1, -0.05) is 25.5 Å². The van der Waals surface area contributed by atoms with Crippen molar-refractivity contribution in [3.05, 3.63) is 12.2 Å². The molecule has 0 spiro atoms. The maximum atomic E-state index is 12.3. The van der Waals surface area contributed by atoms with Crippen LogP contribution >= 0.6 is 0 Å². The Labute approximate surface area is 127 Å². The molecule has 0 atom stereocenters. The summed E-state index contributed by atoms with van der Waals surface area (Å²) in [5.41, 5.74) is -1.33. The first kappa shape index (κ1) is 19.2. The van der Waals surface area contributed by atoms with E-state index in [1.54, 1.807) is 13.8 Å². The van der Waals surface area contributed by atoms with E-state index in [0.717, 1.165) is 12.8 Å². The van der Waals surface area contributed by atoms with Gasteiger partial charge in [0.2, 0.25) is 0 Å². The summed E-state index contributed by atoms with van der Waals surface area (Å²) in [5, 5.41) is 0. The fraction of sp³-hybridized carbons (Fsp3) is 0.647. The van der Waals surface area contributed by atoms with Crippen molar-refractivity contribution in [1.82, 2.24) is 0 Å². The fourth-order valence-corrected chi connectivity index (χ4v) is 1.95. The second-order valence-electron chi connectivity index (χ2n) is 4.69. The Morgan fingerprint density at radius 3 is 2.10 bits per heavy atom. The van der Waals surface area contributed by atoms with E-state index in [-0.39, 0.29) is 26.1 Å². The highest BCUT2D eigenvalue weighted by Crippen LogP contribution is 2.32. The number of terminal acetylenes is 1. The largest absolute Gasteiger partial charge is 0.465 e. The van der Waals surface area contributed by atoms with Gasteiger partial charge in [-0.05, 0) is 33.1 Å². The van der Waals surface area contributed by atoms with Gasteiger partial charge in [0.1, 0.15) is 0 Å². The molecule has 4 nitrogen and oxygen atoms in total. The second-order valence-corrected chi connectivity index (χ2v) is 4.69. The van der Waals surface area contributed by atoms with Crippen LogP contribution in [0.15, 0.2) is 12.2 Å². The first-order chi connectivity index (χ1) is 10.1. The molecule has 0 heterocycles. The minimum absolute atomic E-state index is 0.217. The molecule has 0 aliphatic carbocycles. The molecule has 0 unspecified atom stereocenters. The fourth-order valence-electron chi connectivity index (χ4n) is 1.95. The van der Waals surface area contributed by atoms with Crippen LogP contribution in [0.3, 0.4) is 0 Å². The topological polar surface area (TPSA) is 52.6 Å².